The maximum absolute atomic E-state index is 12.3. The molecule has 2 heterocycles. The molecular formula is C12H16N4O2. The summed E-state index contributed by atoms with van der Waals surface area (Å²) in [7, 11) is 1.83. The van der Waals surface area contributed by atoms with Crippen LogP contribution in [-0.4, -0.2) is 34.2 Å². The fraction of sp³-hybridized carbons (Fsp3) is 0.583. The van der Waals surface area contributed by atoms with Gasteiger partial charge in [0, 0.05) is 18.8 Å². The Morgan fingerprint density at radius 2 is 2.11 bits per heavy atom. The number of nitrogens with one attached hydrogen (secondary N) is 1. The number of anilines is 1. The van der Waals surface area contributed by atoms with E-state index in [2.05, 4.69) is 10.4 Å². The van der Waals surface area contributed by atoms with Crippen LogP contribution in [0.4, 0.5) is 5.82 Å². The van der Waals surface area contributed by atoms with E-state index in [1.165, 1.54) is 4.90 Å². The van der Waals surface area contributed by atoms with Crippen molar-refractivity contribution in [3.05, 3.63) is 11.8 Å². The molecule has 96 valence electrons. The second-order valence-electron chi connectivity index (χ2n) is 5.07. The van der Waals surface area contributed by atoms with Gasteiger partial charge < -0.3 is 5.32 Å². The van der Waals surface area contributed by atoms with Crippen molar-refractivity contribution in [2.24, 2.45) is 13.0 Å². The van der Waals surface area contributed by atoms with Gasteiger partial charge in [0.1, 0.15) is 12.6 Å². The van der Waals surface area contributed by atoms with Gasteiger partial charge in [0.25, 0.3) is 5.91 Å². The predicted molar refractivity (Wildman–Crippen MR) is 65.0 cm³/mol. The van der Waals surface area contributed by atoms with Gasteiger partial charge >= 0.3 is 0 Å². The van der Waals surface area contributed by atoms with E-state index in [4.69, 9.17) is 0 Å². The van der Waals surface area contributed by atoms with E-state index in [9.17, 15) is 9.59 Å². The highest BCUT2D eigenvalue weighted by Crippen LogP contribution is 2.35. The van der Waals surface area contributed by atoms with Gasteiger partial charge in [0.05, 0.1) is 0 Å². The van der Waals surface area contributed by atoms with E-state index in [0.29, 0.717) is 11.7 Å². The van der Waals surface area contributed by atoms with Crippen LogP contribution < -0.4 is 10.2 Å². The molecule has 1 aliphatic carbocycles. The number of carbonyl (C=O) groups excluding carboxylic acids is 2. The van der Waals surface area contributed by atoms with E-state index >= 15 is 0 Å². The number of rotatable bonds is 2. The molecule has 6 nitrogen and oxygen atoms in total. The summed E-state index contributed by atoms with van der Waals surface area (Å²) in [5.41, 5.74) is 0.965. The van der Waals surface area contributed by atoms with Crippen molar-refractivity contribution in [2.45, 2.75) is 25.8 Å². The molecule has 1 aliphatic heterocycles. The Morgan fingerprint density at radius 1 is 1.39 bits per heavy atom. The summed E-state index contributed by atoms with van der Waals surface area (Å²) in [6.07, 6.45) is 2.04. The summed E-state index contributed by atoms with van der Waals surface area (Å²) in [6.45, 7) is 1.99. The van der Waals surface area contributed by atoms with E-state index in [1.807, 2.05) is 20.0 Å². The fourth-order valence-corrected chi connectivity index (χ4v) is 2.29. The molecule has 0 spiro atoms. The molecular weight excluding hydrogens is 232 g/mol. The summed E-state index contributed by atoms with van der Waals surface area (Å²) in [5.74, 6) is 0.750. The summed E-state index contributed by atoms with van der Waals surface area (Å²) >= 11 is 0. The van der Waals surface area contributed by atoms with Gasteiger partial charge in [-0.15, -0.1) is 0 Å². The van der Waals surface area contributed by atoms with Crippen LogP contribution in [0.2, 0.25) is 0 Å². The molecule has 1 saturated carbocycles. The summed E-state index contributed by atoms with van der Waals surface area (Å²) in [5, 5.41) is 7.06. The molecule has 2 amide bonds. The SMILES string of the molecule is Cc1cc(N2CC(=O)NC(C3CC3)C2=O)nn1C. The van der Waals surface area contributed by atoms with Gasteiger partial charge in [-0.1, -0.05) is 0 Å². The monoisotopic (exact) mass is 248 g/mol. The first-order valence-electron chi connectivity index (χ1n) is 6.17. The summed E-state index contributed by atoms with van der Waals surface area (Å²) in [4.78, 5) is 25.5. The lowest BCUT2D eigenvalue weighted by molar-refractivity contribution is -0.131. The average molecular weight is 248 g/mol. The number of aromatic nitrogens is 2. The van der Waals surface area contributed by atoms with E-state index < -0.39 is 0 Å². The van der Waals surface area contributed by atoms with Gasteiger partial charge in [-0.3, -0.25) is 19.2 Å². The maximum Gasteiger partial charge on any atom is 0.251 e. The second-order valence-corrected chi connectivity index (χ2v) is 5.07. The van der Waals surface area contributed by atoms with Crippen LogP contribution >= 0.6 is 0 Å². The zero-order chi connectivity index (χ0) is 12.9. The molecule has 0 bridgehead atoms. The van der Waals surface area contributed by atoms with E-state index in [0.717, 1.165) is 18.5 Å². The van der Waals surface area contributed by atoms with Crippen molar-refractivity contribution >= 4 is 17.6 Å². The molecule has 1 aromatic rings. The van der Waals surface area contributed by atoms with Gasteiger partial charge in [-0.05, 0) is 25.7 Å². The first-order chi connectivity index (χ1) is 8.56. The van der Waals surface area contributed by atoms with Crippen LogP contribution in [0.1, 0.15) is 18.5 Å². The number of nitrogens with zero attached hydrogens (tertiary/aromatic N) is 3. The van der Waals surface area contributed by atoms with Crippen molar-refractivity contribution in [1.29, 1.82) is 0 Å². The quantitative estimate of drug-likeness (QED) is 0.799. The number of hydrogen-bond acceptors (Lipinski definition) is 3. The fourth-order valence-electron chi connectivity index (χ4n) is 2.29. The first-order valence-corrected chi connectivity index (χ1v) is 6.17. The second kappa shape index (κ2) is 3.83. The minimum atomic E-state index is -0.353. The standard InChI is InChI=1S/C12H16N4O2/c1-7-5-9(14-15(7)2)16-6-10(17)13-11(12(16)18)8-3-4-8/h5,8,11H,3-4,6H2,1-2H3,(H,13,17). The smallest absolute Gasteiger partial charge is 0.251 e. The number of hydrogen-bond donors (Lipinski definition) is 1. The maximum atomic E-state index is 12.3. The summed E-state index contributed by atoms with van der Waals surface area (Å²) in [6, 6.07) is 1.48. The molecule has 1 N–H and O–H groups in total. The molecule has 1 atom stereocenters. The Hall–Kier alpha value is -1.85. The zero-order valence-corrected chi connectivity index (χ0v) is 10.5. The summed E-state index contributed by atoms with van der Waals surface area (Å²) < 4.78 is 1.71. The molecule has 1 unspecified atom stereocenters. The highest BCUT2D eigenvalue weighted by atomic mass is 16.2. The molecule has 1 saturated heterocycles. The number of aryl methyl sites for hydroxylation is 2. The molecule has 2 aliphatic rings. The Balaban J connectivity index is 1.89. The Labute approximate surface area is 105 Å². The highest BCUT2D eigenvalue weighted by molar-refractivity contribution is 6.06. The molecule has 0 radical (unpaired) electrons. The third kappa shape index (κ3) is 1.77. The van der Waals surface area contributed by atoms with Crippen LogP contribution in [0.3, 0.4) is 0 Å². The third-order valence-electron chi connectivity index (χ3n) is 3.62. The van der Waals surface area contributed by atoms with Crippen LogP contribution in [0.25, 0.3) is 0 Å². The lowest BCUT2D eigenvalue weighted by Crippen LogP contribution is -2.59. The molecule has 18 heavy (non-hydrogen) atoms. The molecule has 3 rings (SSSR count). The largest absolute Gasteiger partial charge is 0.342 e. The first kappa shape index (κ1) is 11.3. The van der Waals surface area contributed by atoms with Crippen LogP contribution in [0, 0.1) is 12.8 Å². The van der Waals surface area contributed by atoms with Gasteiger partial charge in [-0.2, -0.15) is 5.10 Å². The van der Waals surface area contributed by atoms with Gasteiger partial charge in [0.2, 0.25) is 5.91 Å². The Morgan fingerprint density at radius 3 is 2.67 bits per heavy atom. The van der Waals surface area contributed by atoms with Crippen LogP contribution in [0.15, 0.2) is 6.07 Å². The average Bonchev–Trinajstić information content (AvgIpc) is 3.10. The third-order valence-corrected chi connectivity index (χ3v) is 3.62. The molecule has 2 fully saturated rings. The van der Waals surface area contributed by atoms with Crippen LogP contribution in [0.5, 0.6) is 0 Å². The van der Waals surface area contributed by atoms with Gasteiger partial charge in [0.15, 0.2) is 5.82 Å². The number of piperazine rings is 1. The molecule has 0 aromatic carbocycles. The van der Waals surface area contributed by atoms with Crippen molar-refractivity contribution < 1.29 is 9.59 Å². The van der Waals surface area contributed by atoms with E-state index in [1.54, 1.807) is 4.68 Å². The molecule has 6 heteroatoms. The lowest BCUT2D eigenvalue weighted by atomic mass is 10.1. The van der Waals surface area contributed by atoms with E-state index in [-0.39, 0.29) is 24.4 Å². The number of amides is 2. The van der Waals surface area contributed by atoms with Crippen molar-refractivity contribution in [2.75, 3.05) is 11.4 Å². The normalized spacial score (nSPS) is 24.3. The minimum absolute atomic E-state index is 0.0322. The molecule has 1 aromatic heterocycles. The van der Waals surface area contributed by atoms with Gasteiger partial charge in [-0.25, -0.2) is 0 Å². The predicted octanol–water partition coefficient (Wildman–Crippen LogP) is -0.0301. The topological polar surface area (TPSA) is 67.2 Å². The zero-order valence-electron chi connectivity index (χ0n) is 10.5. The number of carbonyl (C=O) groups is 2. The Kier molecular flexibility index (Phi) is 2.39. The highest BCUT2D eigenvalue weighted by Gasteiger charge is 2.43. The van der Waals surface area contributed by atoms with Crippen molar-refractivity contribution in [1.82, 2.24) is 15.1 Å². The van der Waals surface area contributed by atoms with Crippen molar-refractivity contribution in [3.63, 3.8) is 0 Å². The Bertz CT molecular complexity index is 499. The lowest BCUT2D eigenvalue weighted by Gasteiger charge is -2.31. The van der Waals surface area contributed by atoms with Crippen molar-refractivity contribution in [3.8, 4) is 0 Å². The van der Waals surface area contributed by atoms with Crippen LogP contribution in [-0.2, 0) is 16.6 Å². The minimum Gasteiger partial charge on any atom is -0.342 e.